The van der Waals surface area contributed by atoms with E-state index in [0.29, 0.717) is 43.2 Å². The van der Waals surface area contributed by atoms with Crippen molar-refractivity contribution in [3.8, 4) is 0 Å². The molecule has 2 amide bonds. The Balaban J connectivity index is 0.00000264. The first-order valence-corrected chi connectivity index (χ1v) is 7.92. The Labute approximate surface area is 152 Å². The van der Waals surface area contributed by atoms with Crippen LogP contribution in [-0.4, -0.2) is 53.8 Å². The maximum absolute atomic E-state index is 12.5. The fraction of sp³-hybridized carbons (Fsp3) is 0.467. The van der Waals surface area contributed by atoms with Gasteiger partial charge in [0.2, 0.25) is 5.91 Å². The molecule has 2 N–H and O–H groups in total. The Morgan fingerprint density at radius 2 is 1.74 bits per heavy atom. The summed E-state index contributed by atoms with van der Waals surface area (Å²) in [5, 5.41) is 0.628. The summed E-state index contributed by atoms with van der Waals surface area (Å²) in [4.78, 5) is 27.9. The van der Waals surface area contributed by atoms with Gasteiger partial charge in [-0.1, -0.05) is 29.3 Å². The van der Waals surface area contributed by atoms with E-state index in [2.05, 4.69) is 0 Å². The highest BCUT2D eigenvalue weighted by Crippen LogP contribution is 2.26. The second kappa shape index (κ2) is 8.73. The molecule has 0 bridgehead atoms. The number of hydrogen-bond donors (Lipinski definition) is 1. The predicted octanol–water partition coefficient (Wildman–Crippen LogP) is 2.44. The monoisotopic (exact) mass is 379 g/mol. The third kappa shape index (κ3) is 4.98. The first kappa shape index (κ1) is 20.0. The average Bonchev–Trinajstić information content (AvgIpc) is 2.49. The summed E-state index contributed by atoms with van der Waals surface area (Å²) in [7, 11) is 0. The van der Waals surface area contributed by atoms with E-state index >= 15 is 0 Å². The number of amides is 2. The zero-order valence-electron chi connectivity index (χ0n) is 12.8. The predicted molar refractivity (Wildman–Crippen MR) is 94.5 cm³/mol. The lowest BCUT2D eigenvalue weighted by Gasteiger charge is -2.35. The molecule has 1 aliphatic heterocycles. The van der Waals surface area contributed by atoms with Gasteiger partial charge in [0.25, 0.3) is 5.91 Å². The molecule has 0 spiro atoms. The van der Waals surface area contributed by atoms with Crippen LogP contribution in [0.4, 0.5) is 0 Å². The minimum Gasteiger partial charge on any atom is -0.339 e. The number of hydrogen-bond acceptors (Lipinski definition) is 3. The number of benzene rings is 1. The quantitative estimate of drug-likeness (QED) is 0.876. The molecule has 0 aliphatic carbocycles. The maximum Gasteiger partial charge on any atom is 0.255 e. The van der Waals surface area contributed by atoms with Crippen molar-refractivity contribution in [2.24, 2.45) is 5.73 Å². The summed E-state index contributed by atoms with van der Waals surface area (Å²) < 4.78 is 0. The number of carbonyl (C=O) groups excluding carboxylic acids is 2. The van der Waals surface area contributed by atoms with Crippen LogP contribution in [-0.2, 0) is 4.79 Å². The molecule has 1 aromatic rings. The molecule has 1 fully saturated rings. The van der Waals surface area contributed by atoms with Crippen LogP contribution in [0, 0.1) is 0 Å². The van der Waals surface area contributed by atoms with Crippen LogP contribution >= 0.6 is 35.6 Å². The van der Waals surface area contributed by atoms with Crippen molar-refractivity contribution in [1.29, 1.82) is 0 Å². The highest BCUT2D eigenvalue weighted by molar-refractivity contribution is 6.43. The van der Waals surface area contributed by atoms with E-state index in [0.717, 1.165) is 0 Å². The Kier molecular flexibility index (Phi) is 7.61. The van der Waals surface area contributed by atoms with Gasteiger partial charge in [0.15, 0.2) is 0 Å². The van der Waals surface area contributed by atoms with Gasteiger partial charge >= 0.3 is 0 Å². The van der Waals surface area contributed by atoms with Crippen molar-refractivity contribution in [2.75, 3.05) is 26.2 Å². The second-order valence-electron chi connectivity index (χ2n) is 5.46. The van der Waals surface area contributed by atoms with Gasteiger partial charge in [-0.15, -0.1) is 12.4 Å². The third-order valence-corrected chi connectivity index (χ3v) is 4.42. The SMILES string of the molecule is CC(N)CC(=O)N1CCN(C(=O)c2cccc(Cl)c2Cl)CC1.Cl. The van der Waals surface area contributed by atoms with E-state index < -0.39 is 0 Å². The van der Waals surface area contributed by atoms with Crippen LogP contribution in [0.1, 0.15) is 23.7 Å². The van der Waals surface area contributed by atoms with Crippen LogP contribution in [0.5, 0.6) is 0 Å². The summed E-state index contributed by atoms with van der Waals surface area (Å²) >= 11 is 12.0. The Morgan fingerprint density at radius 1 is 1.17 bits per heavy atom. The molecule has 0 radical (unpaired) electrons. The summed E-state index contributed by atoms with van der Waals surface area (Å²) in [6.07, 6.45) is 0.327. The molecule has 1 atom stereocenters. The van der Waals surface area contributed by atoms with Crippen molar-refractivity contribution in [2.45, 2.75) is 19.4 Å². The number of rotatable bonds is 3. The van der Waals surface area contributed by atoms with Crippen LogP contribution in [0.2, 0.25) is 10.0 Å². The molecule has 2 rings (SSSR count). The zero-order chi connectivity index (χ0) is 16.3. The topological polar surface area (TPSA) is 66.6 Å². The lowest BCUT2D eigenvalue weighted by atomic mass is 10.1. The van der Waals surface area contributed by atoms with Crippen molar-refractivity contribution >= 4 is 47.4 Å². The summed E-state index contributed by atoms with van der Waals surface area (Å²) in [6, 6.07) is 4.84. The maximum atomic E-state index is 12.5. The summed E-state index contributed by atoms with van der Waals surface area (Å²) in [5.74, 6) is -0.130. The van der Waals surface area contributed by atoms with E-state index in [1.54, 1.807) is 34.9 Å². The molecule has 1 unspecified atom stereocenters. The van der Waals surface area contributed by atoms with Gasteiger partial charge in [-0.2, -0.15) is 0 Å². The van der Waals surface area contributed by atoms with Crippen LogP contribution in [0.3, 0.4) is 0 Å². The van der Waals surface area contributed by atoms with Crippen molar-refractivity contribution in [1.82, 2.24) is 9.80 Å². The molecular weight excluding hydrogens is 361 g/mol. The lowest BCUT2D eigenvalue weighted by Crippen LogP contribution is -2.51. The minimum absolute atomic E-state index is 0. The second-order valence-corrected chi connectivity index (χ2v) is 6.24. The molecule has 128 valence electrons. The Bertz CT molecular complexity index is 573. The highest BCUT2D eigenvalue weighted by Gasteiger charge is 2.26. The van der Waals surface area contributed by atoms with E-state index in [9.17, 15) is 9.59 Å². The summed E-state index contributed by atoms with van der Waals surface area (Å²) in [6.45, 7) is 3.78. The molecule has 5 nitrogen and oxygen atoms in total. The first-order valence-electron chi connectivity index (χ1n) is 7.16. The number of nitrogens with two attached hydrogens (primary N) is 1. The molecule has 23 heavy (non-hydrogen) atoms. The Morgan fingerprint density at radius 3 is 2.30 bits per heavy atom. The van der Waals surface area contributed by atoms with Crippen molar-refractivity contribution < 1.29 is 9.59 Å². The van der Waals surface area contributed by atoms with Gasteiger partial charge in [-0.05, 0) is 19.1 Å². The Hall–Kier alpha value is -1.01. The minimum atomic E-state index is -0.160. The van der Waals surface area contributed by atoms with Crippen molar-refractivity contribution in [3.63, 3.8) is 0 Å². The molecule has 1 heterocycles. The zero-order valence-corrected chi connectivity index (χ0v) is 15.1. The van der Waals surface area contributed by atoms with Gasteiger partial charge in [0, 0.05) is 38.6 Å². The number of nitrogens with zero attached hydrogens (tertiary/aromatic N) is 2. The molecular formula is C15H20Cl3N3O2. The smallest absolute Gasteiger partial charge is 0.255 e. The van der Waals surface area contributed by atoms with Gasteiger partial charge in [0.1, 0.15) is 0 Å². The molecule has 0 aromatic heterocycles. The van der Waals surface area contributed by atoms with E-state index in [1.165, 1.54) is 0 Å². The van der Waals surface area contributed by atoms with Gasteiger partial charge < -0.3 is 15.5 Å². The van der Waals surface area contributed by atoms with Crippen LogP contribution in [0.25, 0.3) is 0 Å². The van der Waals surface area contributed by atoms with Crippen molar-refractivity contribution in [3.05, 3.63) is 33.8 Å². The van der Waals surface area contributed by atoms with Gasteiger partial charge in [-0.3, -0.25) is 9.59 Å². The molecule has 1 aliphatic rings. The fourth-order valence-electron chi connectivity index (χ4n) is 2.40. The lowest BCUT2D eigenvalue weighted by molar-refractivity contribution is -0.132. The third-order valence-electron chi connectivity index (χ3n) is 3.60. The van der Waals surface area contributed by atoms with Crippen LogP contribution < -0.4 is 5.73 Å². The van der Waals surface area contributed by atoms with Gasteiger partial charge in [-0.25, -0.2) is 0 Å². The van der Waals surface area contributed by atoms with E-state index in [-0.39, 0.29) is 35.3 Å². The van der Waals surface area contributed by atoms with E-state index in [4.69, 9.17) is 28.9 Å². The largest absolute Gasteiger partial charge is 0.339 e. The average molecular weight is 381 g/mol. The number of piperazine rings is 1. The molecule has 8 heteroatoms. The number of halogens is 3. The first-order chi connectivity index (χ1) is 10.4. The summed E-state index contributed by atoms with van der Waals surface area (Å²) in [5.41, 5.74) is 6.04. The fourth-order valence-corrected chi connectivity index (χ4v) is 2.78. The molecule has 0 saturated carbocycles. The highest BCUT2D eigenvalue weighted by atomic mass is 35.5. The normalized spacial score (nSPS) is 15.8. The van der Waals surface area contributed by atoms with E-state index in [1.807, 2.05) is 0 Å². The van der Waals surface area contributed by atoms with Gasteiger partial charge in [0.05, 0.1) is 15.6 Å². The number of carbonyl (C=O) groups is 2. The standard InChI is InChI=1S/C15H19Cl2N3O2.ClH/c1-10(18)9-13(21)19-5-7-20(8-6-19)15(22)11-3-2-4-12(16)14(11)17;/h2-4,10H,5-9,18H2,1H3;1H. The molecule has 1 aromatic carbocycles. The van der Waals surface area contributed by atoms with Crippen LogP contribution in [0.15, 0.2) is 18.2 Å². The molecule has 1 saturated heterocycles.